The van der Waals surface area contributed by atoms with Gasteiger partial charge in [-0.2, -0.15) is 5.10 Å². The fourth-order valence-corrected chi connectivity index (χ4v) is 2.47. The quantitative estimate of drug-likeness (QED) is 0.924. The highest BCUT2D eigenvalue weighted by molar-refractivity contribution is 5.23. The second-order valence-corrected chi connectivity index (χ2v) is 4.83. The van der Waals surface area contributed by atoms with Crippen LogP contribution in [0, 0.1) is 0 Å². The van der Waals surface area contributed by atoms with Crippen LogP contribution in [-0.4, -0.2) is 19.9 Å². The van der Waals surface area contributed by atoms with Crippen LogP contribution in [0.2, 0.25) is 0 Å². The van der Waals surface area contributed by atoms with E-state index in [1.807, 2.05) is 37.3 Å². The van der Waals surface area contributed by atoms with Gasteiger partial charge in [-0.1, -0.05) is 37.3 Å². The Morgan fingerprint density at radius 2 is 2.16 bits per heavy atom. The van der Waals surface area contributed by atoms with Crippen LogP contribution in [0.25, 0.3) is 0 Å². The summed E-state index contributed by atoms with van der Waals surface area (Å²) in [4.78, 5) is 4.15. The Morgan fingerprint density at radius 1 is 1.42 bits per heavy atom. The van der Waals surface area contributed by atoms with E-state index in [4.69, 9.17) is 0 Å². The predicted molar refractivity (Wildman–Crippen MR) is 68.3 cm³/mol. The van der Waals surface area contributed by atoms with Crippen LogP contribution in [0.5, 0.6) is 0 Å². The summed E-state index contributed by atoms with van der Waals surface area (Å²) in [6.07, 6.45) is -0.949. The first-order valence-corrected chi connectivity index (χ1v) is 6.54. The van der Waals surface area contributed by atoms with Crippen LogP contribution in [0.1, 0.15) is 55.3 Å². The molecule has 1 aliphatic rings. The van der Waals surface area contributed by atoms with Gasteiger partial charge in [-0.3, -0.25) is 0 Å². The molecule has 5 heteroatoms. The van der Waals surface area contributed by atoms with Crippen LogP contribution < -0.4 is 0 Å². The summed E-state index contributed by atoms with van der Waals surface area (Å²) in [6.45, 7) is 1.85. The van der Waals surface area contributed by atoms with Gasteiger partial charge < -0.3 is 5.11 Å². The minimum atomic E-state index is -1.12. The van der Waals surface area contributed by atoms with Crippen LogP contribution in [-0.2, 0) is 0 Å². The number of nitrogens with zero attached hydrogens (tertiary/aromatic N) is 3. The molecule has 2 aromatic rings. The van der Waals surface area contributed by atoms with E-state index in [0.29, 0.717) is 24.5 Å². The molecule has 19 heavy (non-hydrogen) atoms. The van der Waals surface area contributed by atoms with Crippen LogP contribution in [0.3, 0.4) is 0 Å². The molecular formula is C14H16FN3O. The normalized spacial score (nSPS) is 23.3. The second-order valence-electron chi connectivity index (χ2n) is 4.83. The summed E-state index contributed by atoms with van der Waals surface area (Å²) in [6, 6.07) is 9.59. The molecule has 1 aliphatic heterocycles. The maximum Gasteiger partial charge on any atom is 0.179 e. The van der Waals surface area contributed by atoms with Gasteiger partial charge in [0, 0.05) is 6.42 Å². The highest BCUT2D eigenvalue weighted by Gasteiger charge is 2.35. The average molecular weight is 261 g/mol. The molecule has 0 bridgehead atoms. The first-order chi connectivity index (χ1) is 9.20. The van der Waals surface area contributed by atoms with Gasteiger partial charge in [0.15, 0.2) is 17.8 Å². The molecule has 1 aromatic heterocycles. The van der Waals surface area contributed by atoms with Gasteiger partial charge in [0.1, 0.15) is 6.10 Å². The van der Waals surface area contributed by atoms with Crippen molar-refractivity contribution in [1.29, 1.82) is 0 Å². The summed E-state index contributed by atoms with van der Waals surface area (Å²) in [5.74, 6) is 0.650. The van der Waals surface area contributed by atoms with Gasteiger partial charge in [-0.25, -0.2) is 14.1 Å². The first kappa shape index (κ1) is 12.3. The van der Waals surface area contributed by atoms with Gasteiger partial charge in [-0.15, -0.1) is 0 Å². The number of benzene rings is 1. The van der Waals surface area contributed by atoms with Crippen molar-refractivity contribution >= 4 is 0 Å². The first-order valence-electron chi connectivity index (χ1n) is 6.54. The standard InChI is InChI=1S/C14H16FN3O/c1-2-12(19)13-16-14-10(15)8-11(18(14)17-13)9-6-4-3-5-7-9/h3-7,10-12,19H,2,8H2,1H3. The summed E-state index contributed by atoms with van der Waals surface area (Å²) in [5, 5.41) is 14.1. The van der Waals surface area contributed by atoms with Crippen molar-refractivity contribution < 1.29 is 9.50 Å². The van der Waals surface area contributed by atoms with E-state index in [9.17, 15) is 9.50 Å². The lowest BCUT2D eigenvalue weighted by Crippen LogP contribution is -2.08. The third-order valence-corrected chi connectivity index (χ3v) is 3.55. The number of aliphatic hydroxyl groups is 1. The molecule has 0 fully saturated rings. The number of halogens is 1. The van der Waals surface area contributed by atoms with Gasteiger partial charge in [0.25, 0.3) is 0 Å². The number of alkyl halides is 1. The van der Waals surface area contributed by atoms with Crippen molar-refractivity contribution in [2.45, 2.75) is 38.1 Å². The molecule has 0 spiro atoms. The van der Waals surface area contributed by atoms with Gasteiger partial charge in [-0.05, 0) is 12.0 Å². The molecule has 3 atom stereocenters. The van der Waals surface area contributed by atoms with E-state index in [1.165, 1.54) is 0 Å². The summed E-state index contributed by atoms with van der Waals surface area (Å²) >= 11 is 0. The maximum atomic E-state index is 14.0. The molecule has 2 heterocycles. The minimum absolute atomic E-state index is 0.128. The Labute approximate surface area is 110 Å². The van der Waals surface area contributed by atoms with E-state index in [-0.39, 0.29) is 6.04 Å². The Kier molecular flexibility index (Phi) is 3.06. The topological polar surface area (TPSA) is 50.9 Å². The van der Waals surface area contributed by atoms with Gasteiger partial charge in [0.2, 0.25) is 0 Å². The zero-order valence-electron chi connectivity index (χ0n) is 10.7. The SMILES string of the molecule is CCC(O)c1nc2n(n1)C(c1ccccc1)CC2F. The smallest absolute Gasteiger partial charge is 0.179 e. The maximum absolute atomic E-state index is 14.0. The summed E-state index contributed by atoms with van der Waals surface area (Å²) < 4.78 is 15.6. The van der Waals surface area contributed by atoms with Crippen molar-refractivity contribution in [1.82, 2.24) is 14.8 Å². The zero-order chi connectivity index (χ0) is 13.4. The summed E-state index contributed by atoms with van der Waals surface area (Å²) in [7, 11) is 0. The lowest BCUT2D eigenvalue weighted by atomic mass is 10.0. The molecule has 4 nitrogen and oxygen atoms in total. The molecule has 100 valence electrons. The molecule has 1 aromatic carbocycles. The monoisotopic (exact) mass is 261 g/mol. The third-order valence-electron chi connectivity index (χ3n) is 3.55. The number of hydrogen-bond acceptors (Lipinski definition) is 3. The third kappa shape index (κ3) is 2.04. The lowest BCUT2D eigenvalue weighted by molar-refractivity contribution is 0.162. The van der Waals surface area contributed by atoms with Gasteiger partial charge >= 0.3 is 0 Å². The molecule has 0 radical (unpaired) electrons. The highest BCUT2D eigenvalue weighted by Crippen LogP contribution is 2.39. The minimum Gasteiger partial charge on any atom is -0.385 e. The zero-order valence-corrected chi connectivity index (χ0v) is 10.7. The molecule has 0 saturated heterocycles. The molecule has 0 amide bonds. The molecular weight excluding hydrogens is 245 g/mol. The van der Waals surface area contributed by atoms with E-state index in [0.717, 1.165) is 5.56 Å². The molecule has 3 unspecified atom stereocenters. The van der Waals surface area contributed by atoms with E-state index < -0.39 is 12.3 Å². The number of hydrogen-bond donors (Lipinski definition) is 1. The van der Waals surface area contributed by atoms with E-state index >= 15 is 0 Å². The molecule has 1 N–H and O–H groups in total. The average Bonchev–Trinajstić information content (AvgIpc) is 3.00. The molecule has 0 aliphatic carbocycles. The Hall–Kier alpha value is -1.75. The lowest BCUT2D eigenvalue weighted by Gasteiger charge is -2.11. The number of aromatic nitrogens is 3. The van der Waals surface area contributed by atoms with Crippen molar-refractivity contribution in [3.05, 3.63) is 47.5 Å². The van der Waals surface area contributed by atoms with Crippen molar-refractivity contribution in [3.63, 3.8) is 0 Å². The van der Waals surface area contributed by atoms with E-state index in [2.05, 4.69) is 10.1 Å². The van der Waals surface area contributed by atoms with Crippen LogP contribution >= 0.6 is 0 Å². The highest BCUT2D eigenvalue weighted by atomic mass is 19.1. The Balaban J connectivity index is 1.99. The van der Waals surface area contributed by atoms with Crippen LogP contribution in [0.4, 0.5) is 4.39 Å². The molecule has 0 saturated carbocycles. The van der Waals surface area contributed by atoms with Gasteiger partial charge in [0.05, 0.1) is 6.04 Å². The predicted octanol–water partition coefficient (Wildman–Crippen LogP) is 2.73. The summed E-state index contributed by atoms with van der Waals surface area (Å²) in [5.41, 5.74) is 1.02. The fourth-order valence-electron chi connectivity index (χ4n) is 2.47. The largest absolute Gasteiger partial charge is 0.385 e. The number of rotatable bonds is 3. The van der Waals surface area contributed by atoms with Crippen LogP contribution in [0.15, 0.2) is 30.3 Å². The Morgan fingerprint density at radius 3 is 2.84 bits per heavy atom. The fraction of sp³-hybridized carbons (Fsp3) is 0.429. The number of aliphatic hydroxyl groups excluding tert-OH is 1. The number of fused-ring (bicyclic) bond motifs is 1. The Bertz CT molecular complexity index is 569. The van der Waals surface area contributed by atoms with Crippen molar-refractivity contribution in [3.8, 4) is 0 Å². The van der Waals surface area contributed by atoms with Crippen molar-refractivity contribution in [2.24, 2.45) is 0 Å². The van der Waals surface area contributed by atoms with Crippen molar-refractivity contribution in [2.75, 3.05) is 0 Å². The second kappa shape index (κ2) is 4.74. The van der Waals surface area contributed by atoms with E-state index in [1.54, 1.807) is 4.68 Å². The molecule has 3 rings (SSSR count).